The van der Waals surface area contributed by atoms with Gasteiger partial charge in [0.15, 0.2) is 0 Å². The van der Waals surface area contributed by atoms with E-state index in [1.54, 1.807) is 18.1 Å². The second kappa shape index (κ2) is 6.46. The van der Waals surface area contributed by atoms with Gasteiger partial charge in [-0.15, -0.1) is 11.3 Å². The van der Waals surface area contributed by atoms with Crippen LogP contribution >= 0.6 is 11.3 Å². The summed E-state index contributed by atoms with van der Waals surface area (Å²) in [5, 5.41) is 2.80. The Hall–Kier alpha value is -1.73. The molecule has 6 nitrogen and oxygen atoms in total. The Bertz CT molecular complexity index is 732. The summed E-state index contributed by atoms with van der Waals surface area (Å²) in [4.78, 5) is 34.0. The molecule has 0 aromatic carbocycles. The van der Waals surface area contributed by atoms with E-state index in [0.29, 0.717) is 19.0 Å². The molecule has 0 radical (unpaired) electrons. The van der Waals surface area contributed by atoms with E-state index in [1.807, 2.05) is 22.4 Å². The Morgan fingerprint density at radius 3 is 3.04 bits per heavy atom. The van der Waals surface area contributed by atoms with Crippen molar-refractivity contribution in [1.29, 1.82) is 0 Å². The lowest BCUT2D eigenvalue weighted by Gasteiger charge is -2.27. The molecule has 0 N–H and O–H groups in total. The van der Waals surface area contributed by atoms with Crippen molar-refractivity contribution >= 4 is 23.2 Å². The summed E-state index contributed by atoms with van der Waals surface area (Å²) in [7, 11) is 1.78. The number of nitrogens with zero attached hydrogens (tertiary/aromatic N) is 3. The Morgan fingerprint density at radius 2 is 2.35 bits per heavy atom. The number of likely N-dealkylation sites (tertiary alicyclic amines) is 1. The van der Waals surface area contributed by atoms with Crippen LogP contribution in [0.1, 0.15) is 25.3 Å². The van der Waals surface area contributed by atoms with E-state index < -0.39 is 17.4 Å². The summed E-state index contributed by atoms with van der Waals surface area (Å²) in [6, 6.07) is 0. The van der Waals surface area contributed by atoms with E-state index >= 15 is 0 Å². The van der Waals surface area contributed by atoms with E-state index in [0.717, 1.165) is 18.0 Å². The fourth-order valence-corrected chi connectivity index (χ4v) is 5.00. The third-order valence-electron chi connectivity index (χ3n) is 5.67. The van der Waals surface area contributed by atoms with E-state index in [-0.39, 0.29) is 17.9 Å². The number of fused-ring (bicyclic) bond motifs is 1. The zero-order chi connectivity index (χ0) is 18.5. The smallest absolute Gasteiger partial charge is 0.230 e. The van der Waals surface area contributed by atoms with Gasteiger partial charge >= 0.3 is 0 Å². The lowest BCUT2D eigenvalue weighted by Crippen LogP contribution is -2.44. The summed E-state index contributed by atoms with van der Waals surface area (Å²) < 4.78 is 6.18. The highest BCUT2D eigenvalue weighted by molar-refractivity contribution is 7.09. The zero-order valence-corrected chi connectivity index (χ0v) is 16.2. The lowest BCUT2D eigenvalue weighted by molar-refractivity contribution is -0.142. The van der Waals surface area contributed by atoms with E-state index in [1.165, 1.54) is 11.3 Å². The minimum absolute atomic E-state index is 0.0273. The average molecular weight is 375 g/mol. The summed E-state index contributed by atoms with van der Waals surface area (Å²) >= 11 is 1.53. The van der Waals surface area contributed by atoms with Gasteiger partial charge in [0.25, 0.3) is 0 Å². The SMILES string of the molecule is CC(C)CCN1C[C@]23C=C[C@H](O2)[C@H](C(=O)N(C)Cc2nccs2)[C@H]3C1=O. The van der Waals surface area contributed by atoms with Gasteiger partial charge in [0.2, 0.25) is 11.8 Å². The van der Waals surface area contributed by atoms with Crippen LogP contribution in [0.25, 0.3) is 0 Å². The molecule has 3 aliphatic rings. The van der Waals surface area contributed by atoms with Crippen molar-refractivity contribution < 1.29 is 14.3 Å². The Balaban J connectivity index is 1.52. The van der Waals surface area contributed by atoms with Crippen LogP contribution in [0.2, 0.25) is 0 Å². The number of hydrogen-bond donors (Lipinski definition) is 0. The van der Waals surface area contributed by atoms with Crippen molar-refractivity contribution in [3.8, 4) is 0 Å². The van der Waals surface area contributed by atoms with Crippen LogP contribution in [-0.4, -0.2) is 58.4 Å². The van der Waals surface area contributed by atoms with E-state index in [4.69, 9.17) is 4.74 Å². The van der Waals surface area contributed by atoms with Crippen LogP contribution in [0.15, 0.2) is 23.7 Å². The second-order valence-electron chi connectivity index (χ2n) is 7.96. The quantitative estimate of drug-likeness (QED) is 0.713. The van der Waals surface area contributed by atoms with Gasteiger partial charge in [-0.2, -0.15) is 0 Å². The molecule has 26 heavy (non-hydrogen) atoms. The number of aromatic nitrogens is 1. The zero-order valence-electron chi connectivity index (χ0n) is 15.4. The standard InChI is InChI=1S/C19H25N3O3S/c1-12(2)5-8-22-11-19-6-4-13(25-19)15(16(19)18(22)24)17(23)21(3)10-14-20-7-9-26-14/h4,6-7,9,12-13,15-16H,5,8,10-11H2,1-3H3/t13-,15-,16-,19-/m0/s1. The Morgan fingerprint density at radius 1 is 1.54 bits per heavy atom. The normalized spacial score (nSPS) is 31.9. The maximum Gasteiger partial charge on any atom is 0.230 e. The molecular formula is C19H25N3O3S. The molecule has 1 aromatic rings. The van der Waals surface area contributed by atoms with Gasteiger partial charge in [0.1, 0.15) is 10.6 Å². The molecule has 0 unspecified atom stereocenters. The molecular weight excluding hydrogens is 350 g/mol. The fourth-order valence-electron chi connectivity index (χ4n) is 4.33. The van der Waals surface area contributed by atoms with Crippen LogP contribution in [0.4, 0.5) is 0 Å². The van der Waals surface area contributed by atoms with Gasteiger partial charge in [-0.25, -0.2) is 4.98 Å². The third kappa shape index (κ3) is 2.77. The number of amides is 2. The summed E-state index contributed by atoms with van der Waals surface area (Å²) in [5.74, 6) is -0.244. The first-order valence-electron chi connectivity index (χ1n) is 9.20. The first-order chi connectivity index (χ1) is 12.4. The lowest BCUT2D eigenvalue weighted by atomic mass is 9.76. The van der Waals surface area contributed by atoms with Gasteiger partial charge in [-0.1, -0.05) is 26.0 Å². The molecule has 2 amide bonds. The molecule has 4 atom stereocenters. The third-order valence-corrected chi connectivity index (χ3v) is 6.44. The first kappa shape index (κ1) is 17.7. The molecule has 1 spiro atoms. The fraction of sp³-hybridized carbons (Fsp3) is 0.632. The highest BCUT2D eigenvalue weighted by Crippen LogP contribution is 2.52. The molecule has 2 saturated heterocycles. The van der Waals surface area contributed by atoms with Gasteiger partial charge in [-0.05, 0) is 12.3 Å². The Kier molecular flexibility index (Phi) is 4.39. The average Bonchev–Trinajstić information content (AvgIpc) is 3.35. The van der Waals surface area contributed by atoms with Crippen LogP contribution < -0.4 is 0 Å². The van der Waals surface area contributed by atoms with Crippen molar-refractivity contribution in [2.24, 2.45) is 17.8 Å². The molecule has 2 fully saturated rings. The maximum absolute atomic E-state index is 13.1. The van der Waals surface area contributed by atoms with Crippen LogP contribution in [-0.2, 0) is 20.9 Å². The van der Waals surface area contributed by atoms with Crippen LogP contribution in [0.5, 0.6) is 0 Å². The monoisotopic (exact) mass is 375 g/mol. The maximum atomic E-state index is 13.1. The van der Waals surface area contributed by atoms with Gasteiger partial charge < -0.3 is 14.5 Å². The molecule has 2 bridgehead atoms. The Labute approximate surface area is 157 Å². The summed E-state index contributed by atoms with van der Waals surface area (Å²) in [6.45, 7) is 6.07. The predicted octanol–water partition coefficient (Wildman–Crippen LogP) is 1.93. The van der Waals surface area contributed by atoms with E-state index in [2.05, 4.69) is 18.8 Å². The number of rotatable bonds is 6. The topological polar surface area (TPSA) is 62.7 Å². The predicted molar refractivity (Wildman–Crippen MR) is 98.3 cm³/mol. The van der Waals surface area contributed by atoms with Gasteiger partial charge in [0.05, 0.1) is 31.0 Å². The van der Waals surface area contributed by atoms with Crippen LogP contribution in [0, 0.1) is 17.8 Å². The molecule has 140 valence electrons. The second-order valence-corrected chi connectivity index (χ2v) is 8.94. The van der Waals surface area contributed by atoms with Crippen molar-refractivity contribution in [2.45, 2.75) is 38.5 Å². The largest absolute Gasteiger partial charge is 0.360 e. The van der Waals surface area contributed by atoms with Crippen molar-refractivity contribution in [3.63, 3.8) is 0 Å². The van der Waals surface area contributed by atoms with Crippen LogP contribution in [0.3, 0.4) is 0 Å². The number of carbonyl (C=O) groups is 2. The number of ether oxygens (including phenoxy) is 1. The van der Waals surface area contributed by atoms with Gasteiger partial charge in [0, 0.05) is 25.2 Å². The molecule has 3 aliphatic heterocycles. The first-order valence-corrected chi connectivity index (χ1v) is 10.1. The molecule has 4 rings (SSSR count). The molecule has 0 saturated carbocycles. The van der Waals surface area contributed by atoms with E-state index in [9.17, 15) is 9.59 Å². The van der Waals surface area contributed by atoms with Crippen molar-refractivity contribution in [1.82, 2.24) is 14.8 Å². The molecule has 4 heterocycles. The highest BCUT2D eigenvalue weighted by Gasteiger charge is 2.66. The number of thiazole rings is 1. The molecule has 7 heteroatoms. The summed E-state index contributed by atoms with van der Waals surface area (Å²) in [5.41, 5.74) is -0.610. The minimum Gasteiger partial charge on any atom is -0.360 e. The molecule has 0 aliphatic carbocycles. The number of carbonyl (C=O) groups excluding carboxylic acids is 2. The summed E-state index contributed by atoms with van der Waals surface area (Å²) in [6.07, 6.45) is 6.39. The highest BCUT2D eigenvalue weighted by atomic mass is 32.1. The van der Waals surface area contributed by atoms with Gasteiger partial charge in [-0.3, -0.25) is 9.59 Å². The molecule has 1 aromatic heterocycles. The minimum atomic E-state index is -0.610. The number of hydrogen-bond acceptors (Lipinski definition) is 5. The van der Waals surface area contributed by atoms with Crippen molar-refractivity contribution in [2.75, 3.05) is 20.1 Å². The van der Waals surface area contributed by atoms with Crippen molar-refractivity contribution in [3.05, 3.63) is 28.7 Å².